The van der Waals surface area contributed by atoms with Gasteiger partial charge >= 0.3 is 0 Å². The van der Waals surface area contributed by atoms with E-state index in [0.29, 0.717) is 0 Å². The number of hydrogen-bond acceptors (Lipinski definition) is 2. The largest absolute Gasteiger partial charge is 0.309 e. The lowest BCUT2D eigenvalue weighted by Crippen LogP contribution is -2.36. The van der Waals surface area contributed by atoms with Gasteiger partial charge in [0.1, 0.15) is 0 Å². The molecule has 3 heteroatoms. The van der Waals surface area contributed by atoms with E-state index in [-0.39, 0.29) is 0 Å². The van der Waals surface area contributed by atoms with Crippen LogP contribution < -0.4 is 0 Å². The molecular formula is C49H31NS2. The highest BCUT2D eigenvalue weighted by Crippen LogP contribution is 2.62. The molecule has 2 aliphatic rings. The van der Waals surface area contributed by atoms with E-state index in [1.165, 1.54) is 91.6 Å². The quantitative estimate of drug-likeness (QED) is 0.181. The fourth-order valence-corrected chi connectivity index (χ4v) is 11.1. The Morgan fingerprint density at radius 2 is 0.808 bits per heavy atom. The first kappa shape index (κ1) is 29.9. The van der Waals surface area contributed by atoms with E-state index < -0.39 is 5.41 Å². The van der Waals surface area contributed by atoms with E-state index in [1.807, 2.05) is 23.5 Å². The van der Waals surface area contributed by atoms with Crippen molar-refractivity contribution >= 4 is 45.3 Å². The van der Waals surface area contributed by atoms with Crippen molar-refractivity contribution < 1.29 is 0 Å². The number of hydrogen-bond donors (Lipinski definition) is 0. The van der Waals surface area contributed by atoms with Crippen LogP contribution >= 0.6 is 23.5 Å². The number of aromatic nitrogens is 1. The van der Waals surface area contributed by atoms with Gasteiger partial charge in [-0.3, -0.25) is 0 Å². The van der Waals surface area contributed by atoms with Gasteiger partial charge in [0.2, 0.25) is 0 Å². The minimum absolute atomic E-state index is 0.435. The highest BCUT2D eigenvalue weighted by Gasteiger charge is 2.48. The van der Waals surface area contributed by atoms with Crippen LogP contribution in [-0.4, -0.2) is 4.57 Å². The van der Waals surface area contributed by atoms with Crippen LogP contribution in [0.4, 0.5) is 0 Å². The van der Waals surface area contributed by atoms with Crippen molar-refractivity contribution in [2.45, 2.75) is 25.0 Å². The molecule has 1 aromatic heterocycles. The van der Waals surface area contributed by atoms with Gasteiger partial charge in [-0.25, -0.2) is 0 Å². The van der Waals surface area contributed by atoms with Gasteiger partial charge in [-0.15, -0.1) is 0 Å². The molecule has 3 heterocycles. The molecule has 0 aliphatic carbocycles. The van der Waals surface area contributed by atoms with Gasteiger partial charge < -0.3 is 4.57 Å². The third kappa shape index (κ3) is 4.33. The summed E-state index contributed by atoms with van der Waals surface area (Å²) < 4.78 is 2.39. The Morgan fingerprint density at radius 3 is 1.48 bits per heavy atom. The molecule has 244 valence electrons. The normalized spacial score (nSPS) is 15.6. The van der Waals surface area contributed by atoms with E-state index in [2.05, 4.69) is 193 Å². The molecule has 0 bridgehead atoms. The summed E-state index contributed by atoms with van der Waals surface area (Å²) >= 11 is 3.81. The minimum Gasteiger partial charge on any atom is -0.309 e. The molecule has 11 rings (SSSR count). The van der Waals surface area contributed by atoms with Crippen molar-refractivity contribution in [1.29, 1.82) is 0 Å². The summed E-state index contributed by atoms with van der Waals surface area (Å²) in [6, 6.07) is 69.7. The molecule has 8 aromatic carbocycles. The summed E-state index contributed by atoms with van der Waals surface area (Å²) in [6.07, 6.45) is 0. The Hall–Kier alpha value is -5.74. The maximum atomic E-state index is 2.44. The Labute approximate surface area is 311 Å². The molecule has 2 aliphatic heterocycles. The summed E-state index contributed by atoms with van der Waals surface area (Å²) in [5.74, 6) is 0. The highest BCUT2D eigenvalue weighted by atomic mass is 32.2. The van der Waals surface area contributed by atoms with Crippen molar-refractivity contribution in [2.24, 2.45) is 0 Å². The molecule has 9 aromatic rings. The van der Waals surface area contributed by atoms with Crippen LogP contribution in [0, 0.1) is 0 Å². The Bertz CT molecular complexity index is 2840. The summed E-state index contributed by atoms with van der Waals surface area (Å²) in [5, 5.41) is 2.54. The van der Waals surface area contributed by atoms with E-state index >= 15 is 0 Å². The number of fused-ring (bicyclic) bond motifs is 11. The minimum atomic E-state index is -0.435. The van der Waals surface area contributed by atoms with Gasteiger partial charge in [-0.1, -0.05) is 157 Å². The lowest BCUT2D eigenvalue weighted by molar-refractivity contribution is 0.667. The molecule has 1 spiro atoms. The fraction of sp³-hybridized carbons (Fsp3) is 0.0204. The maximum Gasteiger partial charge on any atom is 0.0745 e. The zero-order chi connectivity index (χ0) is 34.2. The Kier molecular flexibility index (Phi) is 6.70. The van der Waals surface area contributed by atoms with Crippen LogP contribution in [0.15, 0.2) is 208 Å². The van der Waals surface area contributed by atoms with Gasteiger partial charge in [0, 0.05) is 36.0 Å². The standard InChI is InChI=1S/C49H31NS2/c1-3-13-32(14-4-1)34-23-26-41-47(30-34)51-45-21-11-8-18-39(45)49(41)40-19-9-12-22-46(40)52-48-31-35(24-27-42(48)49)33-25-28-44-38(29-33)37-17-7-10-20-43(37)50(44)36-15-5-2-6-16-36/h1-31H. The third-order valence-corrected chi connectivity index (χ3v) is 13.2. The van der Waals surface area contributed by atoms with Gasteiger partial charge in [0.25, 0.3) is 0 Å². The number of para-hydroxylation sites is 2. The first-order valence-electron chi connectivity index (χ1n) is 17.8. The van der Waals surface area contributed by atoms with Crippen LogP contribution in [0.1, 0.15) is 22.3 Å². The smallest absolute Gasteiger partial charge is 0.0745 e. The van der Waals surface area contributed by atoms with Crippen LogP contribution in [0.3, 0.4) is 0 Å². The molecule has 0 saturated carbocycles. The molecule has 0 fully saturated rings. The predicted octanol–water partition coefficient (Wildman–Crippen LogP) is 13.4. The molecule has 0 amide bonds. The second-order valence-electron chi connectivity index (χ2n) is 13.7. The molecule has 52 heavy (non-hydrogen) atoms. The average molecular weight is 698 g/mol. The van der Waals surface area contributed by atoms with Gasteiger partial charge in [-0.05, 0) is 99.1 Å². The predicted molar refractivity (Wildman–Crippen MR) is 218 cm³/mol. The first-order valence-corrected chi connectivity index (χ1v) is 19.4. The SMILES string of the molecule is c1ccc(-c2ccc3c(c2)Sc2ccccc2C32c3ccccc3Sc3cc(-c4ccc5c(c4)c4ccccc4n5-c4ccccc4)ccc32)cc1. The van der Waals surface area contributed by atoms with E-state index in [1.54, 1.807) is 0 Å². The lowest BCUT2D eigenvalue weighted by atomic mass is 9.64. The summed E-state index contributed by atoms with van der Waals surface area (Å²) in [6.45, 7) is 0. The van der Waals surface area contributed by atoms with Crippen molar-refractivity contribution in [3.63, 3.8) is 0 Å². The third-order valence-electron chi connectivity index (χ3n) is 10.9. The molecule has 1 nitrogen and oxygen atoms in total. The molecule has 0 saturated heterocycles. The van der Waals surface area contributed by atoms with Crippen molar-refractivity contribution in [3.05, 3.63) is 210 Å². The molecule has 1 atom stereocenters. The van der Waals surface area contributed by atoms with Crippen molar-refractivity contribution in [2.75, 3.05) is 0 Å². The van der Waals surface area contributed by atoms with Crippen LogP contribution in [0.25, 0.3) is 49.7 Å². The topological polar surface area (TPSA) is 4.93 Å². The van der Waals surface area contributed by atoms with Crippen LogP contribution in [-0.2, 0) is 5.41 Å². The van der Waals surface area contributed by atoms with Gasteiger partial charge in [0.15, 0.2) is 0 Å². The van der Waals surface area contributed by atoms with Crippen LogP contribution in [0.5, 0.6) is 0 Å². The zero-order valence-electron chi connectivity index (χ0n) is 28.2. The van der Waals surface area contributed by atoms with Crippen LogP contribution in [0.2, 0.25) is 0 Å². The first-order chi connectivity index (χ1) is 25.8. The fourth-order valence-electron chi connectivity index (χ4n) is 8.67. The number of nitrogens with zero attached hydrogens (tertiary/aromatic N) is 1. The molecule has 1 unspecified atom stereocenters. The zero-order valence-corrected chi connectivity index (χ0v) is 29.8. The van der Waals surface area contributed by atoms with Crippen molar-refractivity contribution in [3.8, 4) is 27.9 Å². The maximum absolute atomic E-state index is 2.44. The van der Waals surface area contributed by atoms with Gasteiger partial charge in [-0.2, -0.15) is 0 Å². The Balaban J connectivity index is 1.13. The second-order valence-corrected chi connectivity index (χ2v) is 15.8. The Morgan fingerprint density at radius 1 is 0.327 bits per heavy atom. The number of benzene rings is 8. The average Bonchev–Trinajstić information content (AvgIpc) is 3.55. The van der Waals surface area contributed by atoms with E-state index in [4.69, 9.17) is 0 Å². The van der Waals surface area contributed by atoms with E-state index in [9.17, 15) is 0 Å². The molecule has 0 radical (unpaired) electrons. The lowest BCUT2D eigenvalue weighted by Gasteiger charge is -2.45. The summed E-state index contributed by atoms with van der Waals surface area (Å²) in [5.41, 5.74) is 13.6. The van der Waals surface area contributed by atoms with E-state index in [0.717, 1.165) is 0 Å². The molecular weight excluding hydrogens is 667 g/mol. The second kappa shape index (κ2) is 11.6. The highest BCUT2D eigenvalue weighted by molar-refractivity contribution is 8.00. The number of rotatable bonds is 3. The summed E-state index contributed by atoms with van der Waals surface area (Å²) in [7, 11) is 0. The van der Waals surface area contributed by atoms with Gasteiger partial charge in [0.05, 0.1) is 16.4 Å². The van der Waals surface area contributed by atoms with Crippen molar-refractivity contribution in [1.82, 2.24) is 4.57 Å². The summed E-state index contributed by atoms with van der Waals surface area (Å²) in [4.78, 5) is 5.25. The monoisotopic (exact) mass is 697 g/mol. The molecule has 0 N–H and O–H groups in total.